The summed E-state index contributed by atoms with van der Waals surface area (Å²) in [6.07, 6.45) is 2.61. The largest absolute Gasteiger partial charge is 0.322 e. The summed E-state index contributed by atoms with van der Waals surface area (Å²) >= 11 is 12.0. The van der Waals surface area contributed by atoms with Gasteiger partial charge in [0.25, 0.3) is 0 Å². The van der Waals surface area contributed by atoms with Crippen LogP contribution in [0.2, 0.25) is 10.0 Å². The fourth-order valence-corrected chi connectivity index (χ4v) is 2.76. The van der Waals surface area contributed by atoms with Gasteiger partial charge in [-0.2, -0.15) is 0 Å². The number of hydrogen-bond acceptors (Lipinski definition) is 3. The molecule has 1 aromatic rings. The highest BCUT2D eigenvalue weighted by Crippen LogP contribution is 2.29. The van der Waals surface area contributed by atoms with Crippen LogP contribution in [0.3, 0.4) is 0 Å². The monoisotopic (exact) mass is 329 g/mol. The smallest absolute Gasteiger partial charge is 0.238 e. The Morgan fingerprint density at radius 1 is 1.33 bits per heavy atom. The van der Waals surface area contributed by atoms with Gasteiger partial charge in [-0.05, 0) is 31.5 Å². The van der Waals surface area contributed by atoms with Gasteiger partial charge < -0.3 is 10.6 Å². The number of likely N-dealkylation sites (N-methyl/N-ethyl adjacent to an activating group) is 1. The molecule has 0 heterocycles. The first kappa shape index (κ1) is 16.6. The van der Waals surface area contributed by atoms with E-state index in [1.165, 1.54) is 12.8 Å². The Kier molecular flexibility index (Phi) is 6.30. The second kappa shape index (κ2) is 7.99. The predicted octanol–water partition coefficient (Wildman–Crippen LogP) is 3.01. The number of amides is 1. The zero-order valence-electron chi connectivity index (χ0n) is 12.2. The molecule has 1 aliphatic carbocycles. The van der Waals surface area contributed by atoms with E-state index in [0.29, 0.717) is 15.7 Å². The van der Waals surface area contributed by atoms with Crippen molar-refractivity contribution in [3.05, 3.63) is 28.2 Å². The van der Waals surface area contributed by atoms with E-state index in [1.54, 1.807) is 18.2 Å². The van der Waals surface area contributed by atoms with Crippen molar-refractivity contribution in [2.75, 3.05) is 31.5 Å². The molecule has 0 aliphatic heterocycles. The van der Waals surface area contributed by atoms with Crippen LogP contribution in [0.25, 0.3) is 0 Å². The van der Waals surface area contributed by atoms with Crippen molar-refractivity contribution in [1.82, 2.24) is 10.2 Å². The Balaban J connectivity index is 1.70. The predicted molar refractivity (Wildman–Crippen MR) is 88.2 cm³/mol. The summed E-state index contributed by atoms with van der Waals surface area (Å²) in [6.45, 7) is 5.26. The van der Waals surface area contributed by atoms with Gasteiger partial charge in [0.2, 0.25) is 5.91 Å². The fourth-order valence-electron chi connectivity index (χ4n) is 2.26. The summed E-state index contributed by atoms with van der Waals surface area (Å²) in [5.74, 6) is -0.139. The zero-order chi connectivity index (χ0) is 15.2. The van der Waals surface area contributed by atoms with Crippen molar-refractivity contribution >= 4 is 34.8 Å². The molecule has 0 bridgehead atoms. The highest BCUT2D eigenvalue weighted by Gasteiger charge is 2.27. The second-order valence-corrected chi connectivity index (χ2v) is 6.00. The average molecular weight is 330 g/mol. The van der Waals surface area contributed by atoms with E-state index in [0.717, 1.165) is 25.7 Å². The number of anilines is 1. The standard InChI is InChI=1S/C15H21Cl2N3O/c1-2-20(11-6-7-11)9-8-18-10-14(21)19-15-12(16)4-3-5-13(15)17/h3-5,11,18H,2,6-10H2,1H3,(H,19,21). The van der Waals surface area contributed by atoms with E-state index in [2.05, 4.69) is 22.5 Å². The first-order valence-corrected chi connectivity index (χ1v) is 8.06. The Morgan fingerprint density at radius 2 is 2.00 bits per heavy atom. The van der Waals surface area contributed by atoms with Gasteiger partial charge in [-0.3, -0.25) is 9.69 Å². The van der Waals surface area contributed by atoms with Crippen LogP contribution in [-0.4, -0.2) is 43.0 Å². The molecule has 1 aromatic carbocycles. The summed E-state index contributed by atoms with van der Waals surface area (Å²) in [7, 11) is 0. The molecule has 0 aromatic heterocycles. The molecule has 0 spiro atoms. The molecule has 0 radical (unpaired) electrons. The molecular formula is C15H21Cl2N3O. The Labute approximate surface area is 135 Å². The first-order chi connectivity index (χ1) is 10.1. The maximum Gasteiger partial charge on any atom is 0.238 e. The number of nitrogens with zero attached hydrogens (tertiary/aromatic N) is 1. The second-order valence-electron chi connectivity index (χ2n) is 5.18. The molecule has 1 aliphatic rings. The Hall–Kier alpha value is -0.810. The molecule has 1 amide bonds. The van der Waals surface area contributed by atoms with Gasteiger partial charge >= 0.3 is 0 Å². The number of para-hydroxylation sites is 1. The van der Waals surface area contributed by atoms with Crippen molar-refractivity contribution in [2.24, 2.45) is 0 Å². The van der Waals surface area contributed by atoms with E-state index < -0.39 is 0 Å². The van der Waals surface area contributed by atoms with Gasteiger partial charge in [-0.15, -0.1) is 0 Å². The van der Waals surface area contributed by atoms with Gasteiger partial charge in [0, 0.05) is 19.1 Å². The number of carbonyl (C=O) groups is 1. The van der Waals surface area contributed by atoms with E-state index in [-0.39, 0.29) is 12.5 Å². The van der Waals surface area contributed by atoms with Crippen molar-refractivity contribution in [3.8, 4) is 0 Å². The lowest BCUT2D eigenvalue weighted by atomic mass is 10.3. The molecule has 2 rings (SSSR count). The van der Waals surface area contributed by atoms with E-state index in [9.17, 15) is 4.79 Å². The van der Waals surface area contributed by atoms with Crippen molar-refractivity contribution in [1.29, 1.82) is 0 Å². The zero-order valence-corrected chi connectivity index (χ0v) is 13.7. The van der Waals surface area contributed by atoms with Crippen LogP contribution >= 0.6 is 23.2 Å². The molecule has 2 N–H and O–H groups in total. The van der Waals surface area contributed by atoms with Crippen molar-refractivity contribution in [2.45, 2.75) is 25.8 Å². The fraction of sp³-hybridized carbons (Fsp3) is 0.533. The first-order valence-electron chi connectivity index (χ1n) is 7.30. The highest BCUT2D eigenvalue weighted by molar-refractivity contribution is 6.39. The molecule has 0 saturated heterocycles. The van der Waals surface area contributed by atoms with Crippen molar-refractivity contribution < 1.29 is 4.79 Å². The number of hydrogen-bond donors (Lipinski definition) is 2. The van der Waals surface area contributed by atoms with Crippen LogP contribution in [0.1, 0.15) is 19.8 Å². The molecule has 21 heavy (non-hydrogen) atoms. The number of halogens is 2. The average Bonchev–Trinajstić information content (AvgIpc) is 3.28. The minimum atomic E-state index is -0.139. The van der Waals surface area contributed by atoms with Crippen LogP contribution in [0.15, 0.2) is 18.2 Å². The molecular weight excluding hydrogens is 309 g/mol. The Bertz CT molecular complexity index is 472. The van der Waals surface area contributed by atoms with Gasteiger partial charge in [0.1, 0.15) is 0 Å². The third-order valence-electron chi connectivity index (χ3n) is 3.56. The summed E-state index contributed by atoms with van der Waals surface area (Å²) in [6, 6.07) is 5.90. The highest BCUT2D eigenvalue weighted by atomic mass is 35.5. The summed E-state index contributed by atoms with van der Waals surface area (Å²) in [5.41, 5.74) is 0.473. The van der Waals surface area contributed by atoms with Crippen molar-refractivity contribution in [3.63, 3.8) is 0 Å². The number of rotatable bonds is 8. The normalized spacial score (nSPS) is 14.5. The SMILES string of the molecule is CCN(CCNCC(=O)Nc1c(Cl)cccc1Cl)C1CC1. The minimum absolute atomic E-state index is 0.139. The molecule has 1 saturated carbocycles. The van der Waals surface area contributed by atoms with Crippen LogP contribution in [0, 0.1) is 0 Å². The maximum atomic E-state index is 11.9. The molecule has 6 heteroatoms. The van der Waals surface area contributed by atoms with Gasteiger partial charge in [-0.25, -0.2) is 0 Å². The number of carbonyl (C=O) groups excluding carboxylic acids is 1. The van der Waals surface area contributed by atoms with Gasteiger partial charge in [-0.1, -0.05) is 36.2 Å². The summed E-state index contributed by atoms with van der Waals surface area (Å²) < 4.78 is 0. The van der Waals surface area contributed by atoms with E-state index >= 15 is 0 Å². The van der Waals surface area contributed by atoms with Gasteiger partial charge in [0.05, 0.1) is 22.3 Å². The summed E-state index contributed by atoms with van der Waals surface area (Å²) in [4.78, 5) is 14.3. The quantitative estimate of drug-likeness (QED) is 0.720. The van der Waals surface area contributed by atoms with E-state index in [1.807, 2.05) is 0 Å². The van der Waals surface area contributed by atoms with Crippen LogP contribution in [0.4, 0.5) is 5.69 Å². The molecule has 1 fully saturated rings. The lowest BCUT2D eigenvalue weighted by Crippen LogP contribution is -2.36. The topological polar surface area (TPSA) is 44.4 Å². The third-order valence-corrected chi connectivity index (χ3v) is 4.19. The number of benzene rings is 1. The maximum absolute atomic E-state index is 11.9. The lowest BCUT2D eigenvalue weighted by molar-refractivity contribution is -0.115. The van der Waals surface area contributed by atoms with Crippen LogP contribution in [0.5, 0.6) is 0 Å². The van der Waals surface area contributed by atoms with Gasteiger partial charge in [0.15, 0.2) is 0 Å². The van der Waals surface area contributed by atoms with Crippen LogP contribution < -0.4 is 10.6 Å². The third kappa shape index (κ3) is 5.15. The van der Waals surface area contributed by atoms with Crippen LogP contribution in [-0.2, 0) is 4.79 Å². The molecule has 116 valence electrons. The minimum Gasteiger partial charge on any atom is -0.322 e. The molecule has 0 unspecified atom stereocenters. The van der Waals surface area contributed by atoms with E-state index in [4.69, 9.17) is 23.2 Å². The molecule has 4 nitrogen and oxygen atoms in total. The summed E-state index contributed by atoms with van der Waals surface area (Å²) in [5, 5.41) is 6.78. The molecule has 0 atom stereocenters. The number of nitrogens with one attached hydrogen (secondary N) is 2. The lowest BCUT2D eigenvalue weighted by Gasteiger charge is -2.19. The Morgan fingerprint density at radius 3 is 2.57 bits per heavy atom.